The summed E-state index contributed by atoms with van der Waals surface area (Å²) in [6, 6.07) is 11.2. The van der Waals surface area contributed by atoms with Crippen molar-refractivity contribution in [2.24, 2.45) is 0 Å². The standard InChI is InChI=1S/C20H18ClN5O2/c1-13-17(23-20(27-13)15-5-3-4-6-16(15)21)11-26(2)12-18-24-19(25-28-18)14-7-9-22-10-8-14/h3-10H,11-12H2,1-2H3. The van der Waals surface area contributed by atoms with Gasteiger partial charge in [-0.15, -0.1) is 0 Å². The predicted octanol–water partition coefficient (Wildman–Crippen LogP) is 4.38. The highest BCUT2D eigenvalue weighted by molar-refractivity contribution is 6.33. The van der Waals surface area contributed by atoms with Gasteiger partial charge in [0.15, 0.2) is 0 Å². The van der Waals surface area contributed by atoms with Crippen LogP contribution in [0.15, 0.2) is 57.7 Å². The Morgan fingerprint density at radius 3 is 2.61 bits per heavy atom. The van der Waals surface area contributed by atoms with E-state index >= 15 is 0 Å². The third kappa shape index (κ3) is 3.95. The third-order valence-electron chi connectivity index (χ3n) is 4.23. The highest BCUT2D eigenvalue weighted by atomic mass is 35.5. The van der Waals surface area contributed by atoms with Crippen molar-refractivity contribution in [1.29, 1.82) is 0 Å². The van der Waals surface area contributed by atoms with Crippen LogP contribution in [-0.4, -0.2) is 32.1 Å². The molecule has 7 nitrogen and oxygen atoms in total. The van der Waals surface area contributed by atoms with Crippen LogP contribution in [0.5, 0.6) is 0 Å². The summed E-state index contributed by atoms with van der Waals surface area (Å²) >= 11 is 6.24. The number of halogens is 1. The number of nitrogens with zero attached hydrogens (tertiary/aromatic N) is 5. The molecular weight excluding hydrogens is 378 g/mol. The normalized spacial score (nSPS) is 11.3. The highest BCUT2D eigenvalue weighted by Gasteiger charge is 2.17. The smallest absolute Gasteiger partial charge is 0.241 e. The summed E-state index contributed by atoms with van der Waals surface area (Å²) in [4.78, 5) is 15.1. The van der Waals surface area contributed by atoms with E-state index in [2.05, 4.69) is 20.1 Å². The number of benzene rings is 1. The van der Waals surface area contributed by atoms with Crippen LogP contribution in [0.25, 0.3) is 22.8 Å². The Morgan fingerprint density at radius 2 is 1.82 bits per heavy atom. The van der Waals surface area contributed by atoms with Crippen LogP contribution < -0.4 is 0 Å². The Bertz CT molecular complexity index is 1080. The molecular formula is C20H18ClN5O2. The molecule has 4 rings (SSSR count). The van der Waals surface area contributed by atoms with Gasteiger partial charge in [-0.2, -0.15) is 4.98 Å². The summed E-state index contributed by atoms with van der Waals surface area (Å²) in [6.07, 6.45) is 3.39. The van der Waals surface area contributed by atoms with Crippen molar-refractivity contribution in [3.8, 4) is 22.8 Å². The van der Waals surface area contributed by atoms with Crippen molar-refractivity contribution in [3.63, 3.8) is 0 Å². The lowest BCUT2D eigenvalue weighted by atomic mass is 10.2. The molecule has 0 aliphatic rings. The first-order valence-electron chi connectivity index (χ1n) is 8.73. The van der Waals surface area contributed by atoms with Gasteiger partial charge in [-0.3, -0.25) is 9.88 Å². The molecule has 0 bridgehead atoms. The summed E-state index contributed by atoms with van der Waals surface area (Å²) in [7, 11) is 1.96. The first kappa shape index (κ1) is 18.3. The van der Waals surface area contributed by atoms with E-state index in [1.54, 1.807) is 12.4 Å². The van der Waals surface area contributed by atoms with Gasteiger partial charge in [0.05, 0.1) is 22.8 Å². The number of aryl methyl sites for hydroxylation is 1. The number of aromatic nitrogens is 4. The molecule has 0 aliphatic heterocycles. The zero-order valence-electron chi connectivity index (χ0n) is 15.5. The third-order valence-corrected chi connectivity index (χ3v) is 4.56. The van der Waals surface area contributed by atoms with Gasteiger partial charge in [0, 0.05) is 24.5 Å². The van der Waals surface area contributed by atoms with E-state index in [1.165, 1.54) is 0 Å². The lowest BCUT2D eigenvalue weighted by Gasteiger charge is -2.12. The van der Waals surface area contributed by atoms with Crippen molar-refractivity contribution in [1.82, 2.24) is 25.0 Å². The van der Waals surface area contributed by atoms with Gasteiger partial charge in [0.1, 0.15) is 5.76 Å². The van der Waals surface area contributed by atoms with Gasteiger partial charge in [0.2, 0.25) is 17.6 Å². The Labute approximate surface area is 167 Å². The molecule has 3 aromatic heterocycles. The molecule has 8 heteroatoms. The summed E-state index contributed by atoms with van der Waals surface area (Å²) < 4.78 is 11.2. The quantitative estimate of drug-likeness (QED) is 0.479. The largest absolute Gasteiger partial charge is 0.441 e. The Morgan fingerprint density at radius 1 is 1.04 bits per heavy atom. The molecule has 0 spiro atoms. The lowest BCUT2D eigenvalue weighted by Crippen LogP contribution is -2.18. The Balaban J connectivity index is 1.45. The first-order chi connectivity index (χ1) is 13.6. The van der Waals surface area contributed by atoms with E-state index in [0.29, 0.717) is 35.7 Å². The highest BCUT2D eigenvalue weighted by Crippen LogP contribution is 2.28. The molecule has 28 heavy (non-hydrogen) atoms. The topological polar surface area (TPSA) is 81.1 Å². The number of oxazole rings is 1. The van der Waals surface area contributed by atoms with Crippen LogP contribution in [0.1, 0.15) is 17.3 Å². The molecule has 0 saturated heterocycles. The van der Waals surface area contributed by atoms with E-state index in [9.17, 15) is 0 Å². The lowest BCUT2D eigenvalue weighted by molar-refractivity contribution is 0.258. The van der Waals surface area contributed by atoms with Crippen molar-refractivity contribution < 1.29 is 8.94 Å². The number of hydrogen-bond donors (Lipinski definition) is 0. The summed E-state index contributed by atoms with van der Waals surface area (Å²) in [6.45, 7) is 2.96. The molecule has 1 aromatic carbocycles. The second-order valence-electron chi connectivity index (χ2n) is 6.42. The minimum atomic E-state index is 0.492. The minimum Gasteiger partial charge on any atom is -0.441 e. The fourth-order valence-electron chi connectivity index (χ4n) is 2.80. The molecule has 0 saturated carbocycles. The van der Waals surface area contributed by atoms with Gasteiger partial charge in [-0.25, -0.2) is 4.98 Å². The van der Waals surface area contributed by atoms with Crippen molar-refractivity contribution in [2.45, 2.75) is 20.0 Å². The average molecular weight is 396 g/mol. The van der Waals surface area contributed by atoms with Crippen molar-refractivity contribution in [3.05, 3.63) is 71.2 Å². The molecule has 0 amide bonds. The average Bonchev–Trinajstić information content (AvgIpc) is 3.30. The van der Waals surface area contributed by atoms with E-state index in [4.69, 9.17) is 20.5 Å². The Hall–Kier alpha value is -3.03. The second kappa shape index (κ2) is 7.92. The van der Waals surface area contributed by atoms with E-state index < -0.39 is 0 Å². The van der Waals surface area contributed by atoms with Crippen LogP contribution in [-0.2, 0) is 13.1 Å². The minimum absolute atomic E-state index is 0.492. The van der Waals surface area contributed by atoms with Gasteiger partial charge in [0.25, 0.3) is 0 Å². The maximum absolute atomic E-state index is 6.24. The second-order valence-corrected chi connectivity index (χ2v) is 6.83. The number of hydrogen-bond acceptors (Lipinski definition) is 7. The van der Waals surface area contributed by atoms with E-state index in [0.717, 1.165) is 22.6 Å². The van der Waals surface area contributed by atoms with Gasteiger partial charge in [-0.1, -0.05) is 28.9 Å². The molecule has 0 atom stereocenters. The van der Waals surface area contributed by atoms with Gasteiger partial charge >= 0.3 is 0 Å². The van der Waals surface area contributed by atoms with Crippen LogP contribution in [0.2, 0.25) is 5.02 Å². The zero-order valence-corrected chi connectivity index (χ0v) is 16.2. The Kier molecular flexibility index (Phi) is 5.18. The molecule has 4 aromatic rings. The summed E-state index contributed by atoms with van der Waals surface area (Å²) in [5.74, 6) is 2.35. The van der Waals surface area contributed by atoms with Gasteiger partial charge < -0.3 is 8.94 Å². The van der Waals surface area contributed by atoms with Crippen LogP contribution in [0.4, 0.5) is 0 Å². The fraction of sp³-hybridized carbons (Fsp3) is 0.200. The molecule has 142 valence electrons. The first-order valence-corrected chi connectivity index (χ1v) is 9.10. The molecule has 0 radical (unpaired) electrons. The van der Waals surface area contributed by atoms with Gasteiger partial charge in [-0.05, 0) is 38.2 Å². The predicted molar refractivity (Wildman–Crippen MR) is 104 cm³/mol. The molecule has 0 fully saturated rings. The zero-order chi connectivity index (χ0) is 19.5. The summed E-state index contributed by atoms with van der Waals surface area (Å²) in [5, 5.41) is 4.64. The molecule has 3 heterocycles. The van der Waals surface area contributed by atoms with Crippen LogP contribution in [0, 0.1) is 6.92 Å². The van der Waals surface area contributed by atoms with Crippen LogP contribution >= 0.6 is 11.6 Å². The number of pyridine rings is 1. The molecule has 0 unspecified atom stereocenters. The summed E-state index contributed by atoms with van der Waals surface area (Å²) in [5.41, 5.74) is 2.48. The monoisotopic (exact) mass is 395 g/mol. The molecule has 0 aliphatic carbocycles. The van der Waals surface area contributed by atoms with Crippen molar-refractivity contribution in [2.75, 3.05) is 7.05 Å². The molecule has 0 N–H and O–H groups in total. The number of rotatable bonds is 6. The van der Waals surface area contributed by atoms with E-state index in [1.807, 2.05) is 55.3 Å². The van der Waals surface area contributed by atoms with E-state index in [-0.39, 0.29) is 0 Å². The SMILES string of the molecule is Cc1oc(-c2ccccc2Cl)nc1CN(C)Cc1nc(-c2ccncc2)no1. The van der Waals surface area contributed by atoms with Crippen LogP contribution in [0.3, 0.4) is 0 Å². The maximum Gasteiger partial charge on any atom is 0.241 e. The van der Waals surface area contributed by atoms with Crippen molar-refractivity contribution >= 4 is 11.6 Å². The fourth-order valence-corrected chi connectivity index (χ4v) is 3.02. The maximum atomic E-state index is 6.24.